The number of ketones is 1. The summed E-state index contributed by atoms with van der Waals surface area (Å²) >= 11 is 1.67. The predicted octanol–water partition coefficient (Wildman–Crippen LogP) is 3.45. The minimum atomic E-state index is 0.137. The van der Waals surface area contributed by atoms with E-state index in [1.165, 1.54) is 0 Å². The van der Waals surface area contributed by atoms with Gasteiger partial charge in [-0.3, -0.25) is 4.79 Å². The number of Topliss-reactive ketones (excluding diaryl/α,β-unsaturated/α-hetero) is 1. The summed E-state index contributed by atoms with van der Waals surface area (Å²) in [6.07, 6.45) is 6.16. The lowest BCUT2D eigenvalue weighted by Gasteiger charge is -2.08. The number of allylic oxidation sites excluding steroid dienone is 2. The molecule has 0 amide bonds. The third-order valence-corrected chi connectivity index (χ3v) is 3.56. The molecule has 0 radical (unpaired) electrons. The third kappa shape index (κ3) is 3.01. The van der Waals surface area contributed by atoms with Gasteiger partial charge in [-0.2, -0.15) is 0 Å². The highest BCUT2D eigenvalue weighted by Crippen LogP contribution is 2.25. The van der Waals surface area contributed by atoms with E-state index in [9.17, 15) is 4.79 Å². The van der Waals surface area contributed by atoms with E-state index < -0.39 is 0 Å². The van der Waals surface area contributed by atoms with Crippen LogP contribution in [0.1, 0.15) is 16.8 Å². The summed E-state index contributed by atoms with van der Waals surface area (Å²) in [5, 5.41) is 0. The molecule has 88 valence electrons. The molecular weight excluding hydrogens is 232 g/mol. The molecule has 17 heavy (non-hydrogen) atoms. The van der Waals surface area contributed by atoms with E-state index in [0.717, 1.165) is 22.0 Å². The van der Waals surface area contributed by atoms with E-state index in [1.807, 2.05) is 42.5 Å². The number of hydrogen-bond donors (Lipinski definition) is 0. The van der Waals surface area contributed by atoms with Crippen LogP contribution < -0.4 is 0 Å². The summed E-state index contributed by atoms with van der Waals surface area (Å²) in [5.41, 5.74) is 0.805. The zero-order valence-corrected chi connectivity index (χ0v) is 10.5. The number of benzene rings is 1. The summed E-state index contributed by atoms with van der Waals surface area (Å²) in [6.45, 7) is 0. The quantitative estimate of drug-likeness (QED) is 0.759. The van der Waals surface area contributed by atoms with Gasteiger partial charge in [0.05, 0.1) is 7.11 Å². The highest BCUT2D eigenvalue weighted by molar-refractivity contribution is 7.99. The SMILES string of the molecule is COC1=CCC(=O)c2ccccc2SCC=C1. The Bertz CT molecular complexity index is 475. The second-order valence-corrected chi connectivity index (χ2v) is 4.71. The largest absolute Gasteiger partial charge is 0.497 e. The van der Waals surface area contributed by atoms with Gasteiger partial charge in [0, 0.05) is 22.6 Å². The first-order chi connectivity index (χ1) is 8.31. The van der Waals surface area contributed by atoms with E-state index in [4.69, 9.17) is 4.74 Å². The first-order valence-electron chi connectivity index (χ1n) is 5.47. The smallest absolute Gasteiger partial charge is 0.167 e. The van der Waals surface area contributed by atoms with E-state index in [-0.39, 0.29) is 5.78 Å². The summed E-state index contributed by atoms with van der Waals surface area (Å²) in [7, 11) is 1.62. The van der Waals surface area contributed by atoms with Crippen molar-refractivity contribution < 1.29 is 9.53 Å². The maximum Gasteiger partial charge on any atom is 0.167 e. The molecule has 1 heterocycles. The first kappa shape index (κ1) is 12.0. The minimum absolute atomic E-state index is 0.137. The molecule has 1 aromatic rings. The molecule has 1 aliphatic heterocycles. The number of ether oxygens (including phenoxy) is 1. The lowest BCUT2D eigenvalue weighted by molar-refractivity contribution is 0.0991. The Kier molecular flexibility index (Phi) is 4.04. The van der Waals surface area contributed by atoms with Crippen LogP contribution in [-0.4, -0.2) is 18.6 Å². The van der Waals surface area contributed by atoms with E-state index in [1.54, 1.807) is 18.9 Å². The van der Waals surface area contributed by atoms with Crippen LogP contribution in [0.3, 0.4) is 0 Å². The monoisotopic (exact) mass is 246 g/mol. The van der Waals surface area contributed by atoms with Crippen molar-refractivity contribution in [2.45, 2.75) is 11.3 Å². The molecule has 0 unspecified atom stereocenters. The van der Waals surface area contributed by atoms with Gasteiger partial charge in [0.15, 0.2) is 5.78 Å². The van der Waals surface area contributed by atoms with Crippen molar-refractivity contribution in [3.63, 3.8) is 0 Å². The van der Waals surface area contributed by atoms with E-state index in [2.05, 4.69) is 0 Å². The Hall–Kier alpha value is -1.48. The van der Waals surface area contributed by atoms with Crippen molar-refractivity contribution in [2.75, 3.05) is 12.9 Å². The standard InChI is InChI=1S/C14H14O2S/c1-16-11-5-4-10-17-14-7-3-2-6-12(14)13(15)9-8-11/h2-8H,9-10H2,1H3. The summed E-state index contributed by atoms with van der Waals surface area (Å²) in [6, 6.07) is 7.75. The van der Waals surface area contributed by atoms with Crippen LogP contribution >= 0.6 is 11.8 Å². The first-order valence-corrected chi connectivity index (χ1v) is 6.45. The molecule has 0 atom stereocenters. The molecule has 0 aromatic heterocycles. The number of fused-ring (bicyclic) bond motifs is 1. The number of hydrogen-bond acceptors (Lipinski definition) is 3. The molecule has 3 heteroatoms. The Morgan fingerprint density at radius 3 is 2.94 bits per heavy atom. The molecular formula is C14H14O2S. The molecule has 0 bridgehead atoms. The average molecular weight is 246 g/mol. The van der Waals surface area contributed by atoms with Gasteiger partial charge >= 0.3 is 0 Å². The van der Waals surface area contributed by atoms with Gasteiger partial charge in [-0.1, -0.05) is 24.3 Å². The summed E-state index contributed by atoms with van der Waals surface area (Å²) < 4.78 is 5.17. The Balaban J connectivity index is 2.33. The number of rotatable bonds is 1. The molecule has 2 rings (SSSR count). The number of carbonyl (C=O) groups excluding carboxylic acids is 1. The Morgan fingerprint density at radius 2 is 2.12 bits per heavy atom. The fourth-order valence-corrected chi connectivity index (χ4v) is 2.53. The summed E-state index contributed by atoms with van der Waals surface area (Å²) in [4.78, 5) is 13.1. The number of thioether (sulfide) groups is 1. The number of methoxy groups -OCH3 is 1. The van der Waals surface area contributed by atoms with Gasteiger partial charge in [0.25, 0.3) is 0 Å². The van der Waals surface area contributed by atoms with Gasteiger partial charge in [0.2, 0.25) is 0 Å². The predicted molar refractivity (Wildman–Crippen MR) is 70.3 cm³/mol. The molecule has 2 nitrogen and oxygen atoms in total. The van der Waals surface area contributed by atoms with Crippen molar-refractivity contribution in [2.24, 2.45) is 0 Å². The van der Waals surface area contributed by atoms with Gasteiger partial charge in [-0.25, -0.2) is 0 Å². The molecule has 0 N–H and O–H groups in total. The highest BCUT2D eigenvalue weighted by Gasteiger charge is 2.11. The number of carbonyl (C=O) groups is 1. The third-order valence-electron chi connectivity index (χ3n) is 2.53. The molecule has 0 aliphatic carbocycles. The fraction of sp³-hybridized carbons (Fsp3) is 0.214. The van der Waals surface area contributed by atoms with Crippen molar-refractivity contribution >= 4 is 17.5 Å². The van der Waals surface area contributed by atoms with Gasteiger partial charge in [-0.15, -0.1) is 11.8 Å². The van der Waals surface area contributed by atoms with Crippen LogP contribution in [0, 0.1) is 0 Å². The van der Waals surface area contributed by atoms with Crippen molar-refractivity contribution in [1.29, 1.82) is 0 Å². The lowest BCUT2D eigenvalue weighted by Crippen LogP contribution is -2.01. The maximum absolute atomic E-state index is 12.0. The van der Waals surface area contributed by atoms with Crippen molar-refractivity contribution in [3.05, 3.63) is 53.8 Å². The van der Waals surface area contributed by atoms with Gasteiger partial charge in [0.1, 0.15) is 5.76 Å². The van der Waals surface area contributed by atoms with E-state index in [0.29, 0.717) is 6.42 Å². The molecule has 0 saturated carbocycles. The van der Waals surface area contributed by atoms with Crippen LogP contribution in [0.5, 0.6) is 0 Å². The van der Waals surface area contributed by atoms with Crippen LogP contribution in [0.2, 0.25) is 0 Å². The zero-order valence-electron chi connectivity index (χ0n) is 9.68. The van der Waals surface area contributed by atoms with Gasteiger partial charge < -0.3 is 4.74 Å². The molecule has 0 saturated heterocycles. The second-order valence-electron chi connectivity index (χ2n) is 3.65. The second kappa shape index (κ2) is 5.73. The molecule has 0 fully saturated rings. The van der Waals surface area contributed by atoms with Crippen LogP contribution in [0.4, 0.5) is 0 Å². The fourth-order valence-electron chi connectivity index (χ4n) is 1.65. The Labute approximate surface area is 105 Å². The van der Waals surface area contributed by atoms with E-state index >= 15 is 0 Å². The molecule has 0 spiro atoms. The highest BCUT2D eigenvalue weighted by atomic mass is 32.2. The zero-order chi connectivity index (χ0) is 12.1. The van der Waals surface area contributed by atoms with Crippen LogP contribution in [-0.2, 0) is 4.74 Å². The van der Waals surface area contributed by atoms with Crippen molar-refractivity contribution in [1.82, 2.24) is 0 Å². The van der Waals surface area contributed by atoms with Crippen LogP contribution in [0.25, 0.3) is 0 Å². The van der Waals surface area contributed by atoms with Crippen molar-refractivity contribution in [3.8, 4) is 0 Å². The lowest BCUT2D eigenvalue weighted by atomic mass is 10.1. The average Bonchev–Trinajstić information content (AvgIpc) is 2.38. The normalized spacial score (nSPS) is 16.1. The van der Waals surface area contributed by atoms with Gasteiger partial charge in [-0.05, 0) is 18.2 Å². The summed E-state index contributed by atoms with van der Waals surface area (Å²) in [5.74, 6) is 1.72. The minimum Gasteiger partial charge on any atom is -0.497 e. The molecule has 1 aromatic carbocycles. The van der Waals surface area contributed by atoms with Crippen LogP contribution in [0.15, 0.2) is 53.1 Å². The maximum atomic E-state index is 12.0. The topological polar surface area (TPSA) is 26.3 Å². The Morgan fingerprint density at radius 1 is 1.29 bits per heavy atom. The molecule has 1 aliphatic rings.